The zero-order valence-electron chi connectivity index (χ0n) is 10.1. The predicted molar refractivity (Wildman–Crippen MR) is 62.0 cm³/mol. The van der Waals surface area contributed by atoms with Crippen molar-refractivity contribution < 1.29 is 14.6 Å². The van der Waals surface area contributed by atoms with Gasteiger partial charge in [-0.2, -0.15) is 0 Å². The van der Waals surface area contributed by atoms with Gasteiger partial charge in [0.2, 0.25) is 5.91 Å². The molecule has 0 radical (unpaired) electrons. The number of rotatable bonds is 6. The maximum absolute atomic E-state index is 11.7. The minimum absolute atomic E-state index is 0.158. The predicted octanol–water partition coefficient (Wildman–Crippen LogP) is 0.938. The summed E-state index contributed by atoms with van der Waals surface area (Å²) in [6.45, 7) is 1.66. The van der Waals surface area contributed by atoms with E-state index < -0.39 is 0 Å². The first-order valence-corrected chi connectivity index (χ1v) is 6.15. The van der Waals surface area contributed by atoms with Gasteiger partial charge in [0.1, 0.15) is 0 Å². The van der Waals surface area contributed by atoms with Gasteiger partial charge in [0, 0.05) is 32.8 Å². The minimum Gasteiger partial charge on any atom is -0.396 e. The molecule has 16 heavy (non-hydrogen) atoms. The highest BCUT2D eigenvalue weighted by Gasteiger charge is 2.25. The van der Waals surface area contributed by atoms with Crippen molar-refractivity contribution in [1.82, 2.24) is 5.32 Å². The van der Waals surface area contributed by atoms with Crippen LogP contribution in [0.2, 0.25) is 0 Å². The molecule has 1 rings (SSSR count). The molecule has 0 aromatic rings. The van der Waals surface area contributed by atoms with Crippen LogP contribution in [-0.4, -0.2) is 37.9 Å². The van der Waals surface area contributed by atoms with E-state index in [4.69, 9.17) is 9.84 Å². The second kappa shape index (κ2) is 7.63. The third-order valence-corrected chi connectivity index (χ3v) is 3.30. The highest BCUT2D eigenvalue weighted by Crippen LogP contribution is 2.28. The van der Waals surface area contributed by atoms with Gasteiger partial charge in [-0.15, -0.1) is 0 Å². The van der Waals surface area contributed by atoms with E-state index in [9.17, 15) is 4.79 Å². The average Bonchev–Trinajstić information content (AvgIpc) is 2.34. The third kappa shape index (κ3) is 4.49. The first-order chi connectivity index (χ1) is 7.77. The number of carbonyl (C=O) groups is 1. The molecule has 1 saturated carbocycles. The van der Waals surface area contributed by atoms with Gasteiger partial charge in [0.15, 0.2) is 0 Å². The first-order valence-electron chi connectivity index (χ1n) is 6.15. The van der Waals surface area contributed by atoms with E-state index in [1.165, 1.54) is 0 Å². The normalized spacial score (nSPS) is 25.4. The summed E-state index contributed by atoms with van der Waals surface area (Å²) in [7, 11) is 1.66. The Balaban J connectivity index is 2.13. The van der Waals surface area contributed by atoms with Gasteiger partial charge in [0.25, 0.3) is 0 Å². The summed E-state index contributed by atoms with van der Waals surface area (Å²) in [5.41, 5.74) is 0. The Labute approximate surface area is 97.4 Å². The molecule has 0 aromatic carbocycles. The van der Waals surface area contributed by atoms with Gasteiger partial charge in [-0.25, -0.2) is 0 Å². The molecule has 4 nitrogen and oxygen atoms in total. The van der Waals surface area contributed by atoms with Crippen molar-refractivity contribution in [3.63, 3.8) is 0 Å². The molecule has 0 spiro atoms. The van der Waals surface area contributed by atoms with Crippen LogP contribution in [0.15, 0.2) is 0 Å². The van der Waals surface area contributed by atoms with E-state index >= 15 is 0 Å². The Hall–Kier alpha value is -0.610. The number of amides is 1. The van der Waals surface area contributed by atoms with Crippen molar-refractivity contribution >= 4 is 5.91 Å². The fourth-order valence-corrected chi connectivity index (χ4v) is 2.18. The molecule has 0 aliphatic heterocycles. The van der Waals surface area contributed by atoms with Gasteiger partial charge in [-0.3, -0.25) is 4.79 Å². The Morgan fingerprint density at radius 3 is 2.62 bits per heavy atom. The molecule has 0 saturated heterocycles. The van der Waals surface area contributed by atoms with Crippen molar-refractivity contribution in [2.75, 3.05) is 26.9 Å². The highest BCUT2D eigenvalue weighted by atomic mass is 16.5. The van der Waals surface area contributed by atoms with Gasteiger partial charge >= 0.3 is 0 Å². The van der Waals surface area contributed by atoms with Crippen LogP contribution in [0.4, 0.5) is 0 Å². The molecular weight excluding hydrogens is 206 g/mol. The molecule has 94 valence electrons. The lowest BCUT2D eigenvalue weighted by atomic mass is 9.82. The van der Waals surface area contributed by atoms with Crippen LogP contribution in [0.1, 0.15) is 32.1 Å². The molecule has 0 heterocycles. The van der Waals surface area contributed by atoms with Crippen LogP contribution in [0.25, 0.3) is 0 Å². The van der Waals surface area contributed by atoms with Crippen molar-refractivity contribution in [2.45, 2.75) is 32.1 Å². The quantitative estimate of drug-likeness (QED) is 0.666. The van der Waals surface area contributed by atoms with Gasteiger partial charge < -0.3 is 15.2 Å². The second-order valence-corrected chi connectivity index (χ2v) is 4.54. The van der Waals surface area contributed by atoms with Crippen molar-refractivity contribution in [3.8, 4) is 0 Å². The summed E-state index contributed by atoms with van der Waals surface area (Å²) < 4.78 is 4.92. The summed E-state index contributed by atoms with van der Waals surface area (Å²) in [6, 6.07) is 0. The molecule has 0 atom stereocenters. The molecule has 1 aliphatic rings. The second-order valence-electron chi connectivity index (χ2n) is 4.54. The van der Waals surface area contributed by atoms with E-state index in [2.05, 4.69) is 5.32 Å². The molecule has 1 fully saturated rings. The van der Waals surface area contributed by atoms with Crippen LogP contribution in [0, 0.1) is 11.8 Å². The molecule has 0 aromatic heterocycles. The number of aliphatic hydroxyl groups is 1. The Kier molecular flexibility index (Phi) is 6.42. The van der Waals surface area contributed by atoms with Crippen molar-refractivity contribution in [1.29, 1.82) is 0 Å². The Morgan fingerprint density at radius 1 is 1.38 bits per heavy atom. The fraction of sp³-hybridized carbons (Fsp3) is 0.917. The highest BCUT2D eigenvalue weighted by molar-refractivity contribution is 5.78. The number of aliphatic hydroxyl groups excluding tert-OH is 1. The van der Waals surface area contributed by atoms with Crippen molar-refractivity contribution in [2.24, 2.45) is 11.8 Å². The van der Waals surface area contributed by atoms with Crippen LogP contribution in [0.5, 0.6) is 0 Å². The zero-order valence-corrected chi connectivity index (χ0v) is 10.1. The minimum atomic E-state index is 0.158. The smallest absolute Gasteiger partial charge is 0.223 e. The van der Waals surface area contributed by atoms with Gasteiger partial charge in [-0.05, 0) is 38.0 Å². The average molecular weight is 229 g/mol. The fourth-order valence-electron chi connectivity index (χ4n) is 2.18. The number of hydrogen-bond donors (Lipinski definition) is 2. The van der Waals surface area contributed by atoms with E-state index in [-0.39, 0.29) is 18.4 Å². The topological polar surface area (TPSA) is 58.6 Å². The Morgan fingerprint density at radius 2 is 2.06 bits per heavy atom. The number of hydrogen-bond acceptors (Lipinski definition) is 3. The first kappa shape index (κ1) is 13.5. The molecular formula is C12H23NO3. The number of nitrogens with one attached hydrogen (secondary N) is 1. The molecule has 0 bridgehead atoms. The summed E-state index contributed by atoms with van der Waals surface area (Å²) in [5, 5.41) is 11.9. The molecule has 2 N–H and O–H groups in total. The zero-order chi connectivity index (χ0) is 11.8. The third-order valence-electron chi connectivity index (χ3n) is 3.30. The summed E-state index contributed by atoms with van der Waals surface area (Å²) >= 11 is 0. The lowest BCUT2D eigenvalue weighted by Gasteiger charge is -2.26. The van der Waals surface area contributed by atoms with E-state index in [1.807, 2.05) is 0 Å². The summed E-state index contributed by atoms with van der Waals surface area (Å²) in [5.74, 6) is 0.746. The van der Waals surface area contributed by atoms with E-state index in [0.29, 0.717) is 19.1 Å². The SMILES string of the molecule is COCCCNC(=O)C1CCC(CO)CC1. The maximum Gasteiger partial charge on any atom is 0.223 e. The van der Waals surface area contributed by atoms with Crippen LogP contribution in [-0.2, 0) is 9.53 Å². The number of ether oxygens (including phenoxy) is 1. The standard InChI is InChI=1S/C12H23NO3/c1-16-8-2-7-13-12(15)11-5-3-10(9-14)4-6-11/h10-11,14H,2-9H2,1H3,(H,13,15). The molecule has 1 amide bonds. The lowest BCUT2D eigenvalue weighted by Crippen LogP contribution is -2.34. The van der Waals surface area contributed by atoms with Crippen LogP contribution in [0.3, 0.4) is 0 Å². The lowest BCUT2D eigenvalue weighted by molar-refractivity contribution is -0.126. The maximum atomic E-state index is 11.7. The van der Waals surface area contributed by atoms with Gasteiger partial charge in [-0.1, -0.05) is 0 Å². The molecule has 1 aliphatic carbocycles. The summed E-state index contributed by atoms with van der Waals surface area (Å²) in [4.78, 5) is 11.7. The molecule has 4 heteroatoms. The monoisotopic (exact) mass is 229 g/mol. The largest absolute Gasteiger partial charge is 0.396 e. The number of carbonyl (C=O) groups excluding carboxylic acids is 1. The number of methoxy groups -OCH3 is 1. The van der Waals surface area contributed by atoms with Gasteiger partial charge in [0.05, 0.1) is 0 Å². The molecule has 0 unspecified atom stereocenters. The Bertz CT molecular complexity index is 200. The van der Waals surface area contributed by atoms with E-state index in [0.717, 1.165) is 32.1 Å². The summed E-state index contributed by atoms with van der Waals surface area (Å²) in [6.07, 6.45) is 4.66. The van der Waals surface area contributed by atoms with Crippen LogP contribution < -0.4 is 5.32 Å². The van der Waals surface area contributed by atoms with Crippen molar-refractivity contribution in [3.05, 3.63) is 0 Å². The van der Waals surface area contributed by atoms with Crippen LogP contribution >= 0.6 is 0 Å². The van der Waals surface area contributed by atoms with E-state index in [1.54, 1.807) is 7.11 Å².